The van der Waals surface area contributed by atoms with Crippen LogP contribution in [0.15, 0.2) is 28.7 Å². The van der Waals surface area contributed by atoms with Crippen molar-refractivity contribution in [2.75, 3.05) is 6.54 Å². The molecule has 5 heteroatoms. The summed E-state index contributed by atoms with van der Waals surface area (Å²) >= 11 is 0. The van der Waals surface area contributed by atoms with E-state index in [9.17, 15) is 4.39 Å². The topological polar surface area (TPSA) is 64.9 Å². The van der Waals surface area contributed by atoms with Gasteiger partial charge in [0.25, 0.3) is 0 Å². The van der Waals surface area contributed by atoms with Gasteiger partial charge in [-0.05, 0) is 6.07 Å². The molecule has 1 atom stereocenters. The van der Waals surface area contributed by atoms with Crippen molar-refractivity contribution < 1.29 is 8.81 Å². The molecule has 2 N–H and O–H groups in total. The Labute approximate surface area is 98.7 Å². The summed E-state index contributed by atoms with van der Waals surface area (Å²) in [7, 11) is 0. The minimum absolute atomic E-state index is 0.228. The molecular formula is C12H14FN3O. The lowest BCUT2D eigenvalue weighted by molar-refractivity contribution is 0.432. The molecule has 0 radical (unpaired) electrons. The lowest BCUT2D eigenvalue weighted by atomic mass is 9.99. The molecule has 1 heterocycles. The predicted octanol–water partition coefficient (Wildman–Crippen LogP) is 1.86. The first-order valence-corrected chi connectivity index (χ1v) is 5.53. The number of aromatic nitrogens is 2. The van der Waals surface area contributed by atoms with Crippen molar-refractivity contribution in [2.45, 2.75) is 19.3 Å². The minimum atomic E-state index is -0.385. The number of nitrogens with two attached hydrogens (primary N) is 1. The Bertz CT molecular complexity index is 498. The van der Waals surface area contributed by atoms with Crippen molar-refractivity contribution >= 4 is 0 Å². The number of hydrogen-bond donors (Lipinski definition) is 1. The van der Waals surface area contributed by atoms with Crippen molar-refractivity contribution in [3.8, 4) is 0 Å². The van der Waals surface area contributed by atoms with Gasteiger partial charge in [-0.2, -0.15) is 0 Å². The van der Waals surface area contributed by atoms with E-state index in [1.54, 1.807) is 18.2 Å². The molecule has 4 nitrogen and oxygen atoms in total. The van der Waals surface area contributed by atoms with Crippen LogP contribution in [0.3, 0.4) is 0 Å². The summed E-state index contributed by atoms with van der Waals surface area (Å²) in [5.41, 5.74) is 6.15. The van der Waals surface area contributed by atoms with Crippen LogP contribution >= 0.6 is 0 Å². The molecular weight excluding hydrogens is 221 g/mol. The molecule has 1 unspecified atom stereocenters. The molecule has 0 aliphatic carbocycles. The zero-order valence-electron chi connectivity index (χ0n) is 9.56. The number of benzene rings is 1. The quantitative estimate of drug-likeness (QED) is 0.878. The fraction of sp³-hybridized carbons (Fsp3) is 0.333. The number of rotatable bonds is 4. The van der Waals surface area contributed by atoms with Gasteiger partial charge in [-0.25, -0.2) is 4.39 Å². The lowest BCUT2D eigenvalue weighted by Crippen LogP contribution is -2.15. The Balaban J connectivity index is 2.36. The van der Waals surface area contributed by atoms with Crippen LogP contribution in [0.4, 0.5) is 4.39 Å². The minimum Gasteiger partial charge on any atom is -0.425 e. The van der Waals surface area contributed by atoms with Crippen molar-refractivity contribution in [3.63, 3.8) is 0 Å². The average Bonchev–Trinajstić information content (AvgIpc) is 2.81. The molecule has 2 aromatic rings. The molecule has 0 aliphatic heterocycles. The van der Waals surface area contributed by atoms with Gasteiger partial charge >= 0.3 is 0 Å². The van der Waals surface area contributed by atoms with Crippen LogP contribution in [-0.4, -0.2) is 16.7 Å². The van der Waals surface area contributed by atoms with Gasteiger partial charge in [-0.15, -0.1) is 10.2 Å². The van der Waals surface area contributed by atoms with E-state index in [2.05, 4.69) is 10.2 Å². The highest BCUT2D eigenvalue weighted by Gasteiger charge is 2.21. The van der Waals surface area contributed by atoms with E-state index in [4.69, 9.17) is 10.2 Å². The Morgan fingerprint density at radius 1 is 1.35 bits per heavy atom. The second kappa shape index (κ2) is 5.05. The van der Waals surface area contributed by atoms with Crippen LogP contribution in [0, 0.1) is 5.82 Å². The molecule has 0 bridgehead atoms. The first kappa shape index (κ1) is 11.7. The standard InChI is InChI=1S/C12H14FN3O/c1-2-11-15-16-12(17-11)9(7-14)8-5-3-4-6-10(8)13/h3-6,9H,2,7,14H2,1H3. The summed E-state index contributed by atoms with van der Waals surface area (Å²) in [6, 6.07) is 6.48. The van der Waals surface area contributed by atoms with Crippen LogP contribution in [0.2, 0.25) is 0 Å². The summed E-state index contributed by atoms with van der Waals surface area (Å²) in [6.07, 6.45) is 0.654. The second-order valence-corrected chi connectivity index (χ2v) is 3.70. The third-order valence-corrected chi connectivity index (χ3v) is 2.60. The van der Waals surface area contributed by atoms with Gasteiger partial charge in [0.1, 0.15) is 5.82 Å². The monoisotopic (exact) mass is 235 g/mol. The molecule has 0 saturated carbocycles. The fourth-order valence-corrected chi connectivity index (χ4v) is 1.67. The summed E-state index contributed by atoms with van der Waals surface area (Å²) in [4.78, 5) is 0. The van der Waals surface area contributed by atoms with Crippen molar-refractivity contribution in [1.29, 1.82) is 0 Å². The van der Waals surface area contributed by atoms with E-state index in [0.29, 0.717) is 23.8 Å². The van der Waals surface area contributed by atoms with Crippen LogP contribution in [0.5, 0.6) is 0 Å². The third-order valence-electron chi connectivity index (χ3n) is 2.60. The smallest absolute Gasteiger partial charge is 0.225 e. The molecule has 0 saturated heterocycles. The van der Waals surface area contributed by atoms with Crippen LogP contribution in [-0.2, 0) is 6.42 Å². The third kappa shape index (κ3) is 2.34. The fourth-order valence-electron chi connectivity index (χ4n) is 1.67. The number of nitrogens with zero attached hydrogens (tertiary/aromatic N) is 2. The molecule has 0 fully saturated rings. The number of aryl methyl sites for hydroxylation is 1. The van der Waals surface area contributed by atoms with Crippen molar-refractivity contribution in [1.82, 2.24) is 10.2 Å². The van der Waals surface area contributed by atoms with E-state index in [1.807, 2.05) is 6.92 Å². The number of hydrogen-bond acceptors (Lipinski definition) is 4. The van der Waals surface area contributed by atoms with E-state index < -0.39 is 0 Å². The van der Waals surface area contributed by atoms with E-state index in [0.717, 1.165) is 0 Å². The van der Waals surface area contributed by atoms with Crippen molar-refractivity contribution in [2.24, 2.45) is 5.73 Å². The maximum absolute atomic E-state index is 13.7. The predicted molar refractivity (Wildman–Crippen MR) is 61.0 cm³/mol. The molecule has 0 spiro atoms. The van der Waals surface area contributed by atoms with Gasteiger partial charge in [-0.1, -0.05) is 25.1 Å². The maximum Gasteiger partial charge on any atom is 0.225 e. The first-order chi connectivity index (χ1) is 8.26. The van der Waals surface area contributed by atoms with E-state index in [-0.39, 0.29) is 18.3 Å². The zero-order chi connectivity index (χ0) is 12.3. The van der Waals surface area contributed by atoms with Gasteiger partial charge in [0.05, 0.1) is 5.92 Å². The molecule has 17 heavy (non-hydrogen) atoms. The Morgan fingerprint density at radius 3 is 2.71 bits per heavy atom. The molecule has 0 aliphatic rings. The van der Waals surface area contributed by atoms with E-state index in [1.165, 1.54) is 6.07 Å². The van der Waals surface area contributed by atoms with E-state index >= 15 is 0 Å². The van der Waals surface area contributed by atoms with Gasteiger partial charge in [0.15, 0.2) is 0 Å². The SMILES string of the molecule is CCc1nnc(C(CN)c2ccccc2F)o1. The largest absolute Gasteiger partial charge is 0.425 e. The van der Waals surface area contributed by atoms with Gasteiger partial charge in [0.2, 0.25) is 11.8 Å². The van der Waals surface area contributed by atoms with Crippen molar-refractivity contribution in [3.05, 3.63) is 47.4 Å². The summed E-state index contributed by atoms with van der Waals surface area (Å²) in [6.45, 7) is 2.14. The van der Waals surface area contributed by atoms with Gasteiger partial charge < -0.3 is 10.2 Å². The highest BCUT2D eigenvalue weighted by molar-refractivity contribution is 5.26. The molecule has 2 rings (SSSR count). The molecule has 1 aromatic carbocycles. The van der Waals surface area contributed by atoms with Gasteiger partial charge in [0, 0.05) is 18.5 Å². The summed E-state index contributed by atoms with van der Waals surface area (Å²) in [5.74, 6) is 0.215. The Hall–Kier alpha value is -1.75. The molecule has 1 aromatic heterocycles. The van der Waals surface area contributed by atoms with Crippen LogP contribution in [0.1, 0.15) is 30.2 Å². The van der Waals surface area contributed by atoms with Crippen LogP contribution in [0.25, 0.3) is 0 Å². The summed E-state index contributed by atoms with van der Waals surface area (Å²) in [5, 5.41) is 7.78. The number of halogens is 1. The average molecular weight is 235 g/mol. The lowest BCUT2D eigenvalue weighted by Gasteiger charge is -2.11. The summed E-state index contributed by atoms with van der Waals surface area (Å²) < 4.78 is 19.1. The Kier molecular flexibility index (Phi) is 3.49. The normalized spacial score (nSPS) is 12.6. The first-order valence-electron chi connectivity index (χ1n) is 5.53. The zero-order valence-corrected chi connectivity index (χ0v) is 9.56. The highest BCUT2D eigenvalue weighted by Crippen LogP contribution is 2.24. The van der Waals surface area contributed by atoms with Gasteiger partial charge in [-0.3, -0.25) is 0 Å². The second-order valence-electron chi connectivity index (χ2n) is 3.70. The highest BCUT2D eigenvalue weighted by atomic mass is 19.1. The Morgan fingerprint density at radius 2 is 2.12 bits per heavy atom. The molecule has 90 valence electrons. The van der Waals surface area contributed by atoms with Crippen LogP contribution < -0.4 is 5.73 Å². The molecule has 0 amide bonds. The maximum atomic E-state index is 13.7.